The summed E-state index contributed by atoms with van der Waals surface area (Å²) in [6, 6.07) is 9.62. The Morgan fingerprint density at radius 2 is 2.00 bits per heavy atom. The summed E-state index contributed by atoms with van der Waals surface area (Å²) < 4.78 is 25.4. The number of amides is 1. The zero-order chi connectivity index (χ0) is 13.9. The highest BCUT2D eigenvalue weighted by Gasteiger charge is 2.13. The lowest BCUT2D eigenvalue weighted by atomic mass is 10.2. The molecule has 2 rings (SSSR count). The minimum absolute atomic E-state index is 0.210. The Hall–Kier alpha value is -2.15. The molecule has 0 bridgehead atoms. The SMILES string of the molecule is CS(=O)(=O)NC(=O)c1cnn(Cc2ccccc2)c1. The summed E-state index contributed by atoms with van der Waals surface area (Å²) in [5.41, 5.74) is 1.25. The summed E-state index contributed by atoms with van der Waals surface area (Å²) in [4.78, 5) is 11.6. The van der Waals surface area contributed by atoms with Crippen molar-refractivity contribution in [2.75, 3.05) is 6.26 Å². The van der Waals surface area contributed by atoms with Crippen molar-refractivity contribution in [3.63, 3.8) is 0 Å². The first-order valence-corrected chi connectivity index (χ1v) is 7.42. The van der Waals surface area contributed by atoms with Crippen molar-refractivity contribution in [2.24, 2.45) is 0 Å². The van der Waals surface area contributed by atoms with Gasteiger partial charge in [-0.25, -0.2) is 13.1 Å². The molecule has 0 aliphatic carbocycles. The molecule has 0 aliphatic heterocycles. The van der Waals surface area contributed by atoms with Gasteiger partial charge in [0.15, 0.2) is 0 Å². The minimum atomic E-state index is -3.56. The predicted molar refractivity (Wildman–Crippen MR) is 70.1 cm³/mol. The average Bonchev–Trinajstić information content (AvgIpc) is 2.77. The van der Waals surface area contributed by atoms with Gasteiger partial charge in [-0.2, -0.15) is 5.10 Å². The molecule has 1 aromatic heterocycles. The van der Waals surface area contributed by atoms with Crippen LogP contribution in [0.4, 0.5) is 0 Å². The van der Waals surface area contributed by atoms with Crippen LogP contribution in [0, 0.1) is 0 Å². The van der Waals surface area contributed by atoms with Gasteiger partial charge >= 0.3 is 0 Å². The second-order valence-electron chi connectivity index (χ2n) is 4.12. The number of benzene rings is 1. The Kier molecular flexibility index (Phi) is 3.66. The quantitative estimate of drug-likeness (QED) is 0.889. The van der Waals surface area contributed by atoms with Gasteiger partial charge < -0.3 is 0 Å². The zero-order valence-corrected chi connectivity index (χ0v) is 11.1. The molecule has 7 heteroatoms. The van der Waals surface area contributed by atoms with E-state index in [4.69, 9.17) is 0 Å². The van der Waals surface area contributed by atoms with Crippen LogP contribution in [0.2, 0.25) is 0 Å². The number of hydrogen-bond donors (Lipinski definition) is 1. The number of nitrogens with one attached hydrogen (secondary N) is 1. The monoisotopic (exact) mass is 279 g/mol. The van der Waals surface area contributed by atoms with Crippen LogP contribution in [0.25, 0.3) is 0 Å². The van der Waals surface area contributed by atoms with Crippen LogP contribution in [-0.4, -0.2) is 30.4 Å². The van der Waals surface area contributed by atoms with Crippen molar-refractivity contribution < 1.29 is 13.2 Å². The first kappa shape index (κ1) is 13.3. The highest BCUT2D eigenvalue weighted by Crippen LogP contribution is 2.04. The fraction of sp³-hybridized carbons (Fsp3) is 0.167. The van der Waals surface area contributed by atoms with Gasteiger partial charge in [-0.3, -0.25) is 9.48 Å². The van der Waals surface area contributed by atoms with E-state index in [-0.39, 0.29) is 5.56 Å². The fourth-order valence-corrected chi connectivity index (χ4v) is 2.02. The lowest BCUT2D eigenvalue weighted by Gasteiger charge is -2.01. The van der Waals surface area contributed by atoms with Gasteiger partial charge in [0.2, 0.25) is 10.0 Å². The van der Waals surface area contributed by atoms with Crippen LogP contribution in [-0.2, 0) is 16.6 Å². The Balaban J connectivity index is 2.09. The lowest BCUT2D eigenvalue weighted by Crippen LogP contribution is -2.29. The first-order chi connectivity index (χ1) is 8.94. The third kappa shape index (κ3) is 3.92. The topological polar surface area (TPSA) is 81.1 Å². The molecule has 2 aromatic rings. The van der Waals surface area contributed by atoms with Crippen molar-refractivity contribution in [2.45, 2.75) is 6.54 Å². The van der Waals surface area contributed by atoms with E-state index in [1.54, 1.807) is 4.68 Å². The normalized spacial score (nSPS) is 11.2. The second kappa shape index (κ2) is 5.23. The number of carbonyl (C=O) groups excluding carboxylic acids is 1. The molecule has 0 spiro atoms. The number of sulfonamides is 1. The molecule has 100 valence electrons. The van der Waals surface area contributed by atoms with Crippen molar-refractivity contribution in [3.8, 4) is 0 Å². The smallest absolute Gasteiger partial charge is 0.267 e. The van der Waals surface area contributed by atoms with Crippen molar-refractivity contribution in [1.82, 2.24) is 14.5 Å². The van der Waals surface area contributed by atoms with Gasteiger partial charge in [-0.05, 0) is 5.56 Å². The third-order valence-corrected chi connectivity index (χ3v) is 2.92. The van der Waals surface area contributed by atoms with E-state index >= 15 is 0 Å². The van der Waals surface area contributed by atoms with Crippen LogP contribution >= 0.6 is 0 Å². The van der Waals surface area contributed by atoms with Gasteiger partial charge in [-0.15, -0.1) is 0 Å². The largest absolute Gasteiger partial charge is 0.268 e. The number of nitrogens with zero attached hydrogens (tertiary/aromatic N) is 2. The van der Waals surface area contributed by atoms with E-state index in [2.05, 4.69) is 5.10 Å². The molecule has 0 aliphatic rings. The van der Waals surface area contributed by atoms with Gasteiger partial charge in [0.05, 0.1) is 24.6 Å². The second-order valence-corrected chi connectivity index (χ2v) is 5.86. The predicted octanol–water partition coefficient (Wildman–Crippen LogP) is 0.621. The van der Waals surface area contributed by atoms with E-state index in [1.165, 1.54) is 12.4 Å². The maximum atomic E-state index is 11.6. The summed E-state index contributed by atoms with van der Waals surface area (Å²) in [6.07, 6.45) is 3.77. The van der Waals surface area contributed by atoms with E-state index < -0.39 is 15.9 Å². The van der Waals surface area contributed by atoms with Crippen LogP contribution in [0.1, 0.15) is 15.9 Å². The van der Waals surface area contributed by atoms with Gasteiger partial charge in [0.25, 0.3) is 5.91 Å². The molecule has 0 atom stereocenters. The summed E-state index contributed by atoms with van der Waals surface area (Å²) in [7, 11) is -3.56. The van der Waals surface area contributed by atoms with Crippen LogP contribution in [0.15, 0.2) is 42.7 Å². The first-order valence-electron chi connectivity index (χ1n) is 5.52. The molecule has 1 aromatic carbocycles. The summed E-state index contributed by atoms with van der Waals surface area (Å²) in [5, 5.41) is 4.02. The molecule has 19 heavy (non-hydrogen) atoms. The summed E-state index contributed by atoms with van der Waals surface area (Å²) in [5.74, 6) is -0.679. The van der Waals surface area contributed by atoms with E-state index in [0.717, 1.165) is 11.8 Å². The Bertz CT molecular complexity index is 677. The van der Waals surface area contributed by atoms with Crippen molar-refractivity contribution in [1.29, 1.82) is 0 Å². The van der Waals surface area contributed by atoms with Gasteiger partial charge in [0.1, 0.15) is 0 Å². The molecule has 6 nitrogen and oxygen atoms in total. The highest BCUT2D eigenvalue weighted by atomic mass is 32.2. The number of rotatable bonds is 4. The molecule has 0 saturated heterocycles. The zero-order valence-electron chi connectivity index (χ0n) is 10.3. The maximum absolute atomic E-state index is 11.6. The minimum Gasteiger partial charge on any atom is -0.268 e. The molecule has 0 radical (unpaired) electrons. The van der Waals surface area contributed by atoms with Crippen LogP contribution < -0.4 is 4.72 Å². The fourth-order valence-electron chi connectivity index (χ4n) is 1.57. The van der Waals surface area contributed by atoms with E-state index in [9.17, 15) is 13.2 Å². The number of hydrogen-bond acceptors (Lipinski definition) is 4. The number of carbonyl (C=O) groups is 1. The Labute approximate surface area is 111 Å². The van der Waals surface area contributed by atoms with Gasteiger partial charge in [0, 0.05) is 6.20 Å². The Morgan fingerprint density at radius 3 is 2.63 bits per heavy atom. The number of aromatic nitrogens is 2. The average molecular weight is 279 g/mol. The molecule has 0 fully saturated rings. The van der Waals surface area contributed by atoms with Crippen molar-refractivity contribution in [3.05, 3.63) is 53.9 Å². The third-order valence-electron chi connectivity index (χ3n) is 2.36. The van der Waals surface area contributed by atoms with E-state index in [1.807, 2.05) is 35.1 Å². The highest BCUT2D eigenvalue weighted by molar-refractivity contribution is 7.89. The molecular formula is C12H13N3O3S. The molecular weight excluding hydrogens is 266 g/mol. The van der Waals surface area contributed by atoms with Crippen LogP contribution in [0.5, 0.6) is 0 Å². The summed E-state index contributed by atoms with van der Waals surface area (Å²) in [6.45, 7) is 0.521. The molecule has 1 N–H and O–H groups in total. The van der Waals surface area contributed by atoms with Crippen LogP contribution in [0.3, 0.4) is 0 Å². The van der Waals surface area contributed by atoms with E-state index in [0.29, 0.717) is 6.54 Å². The van der Waals surface area contributed by atoms with Crippen molar-refractivity contribution >= 4 is 15.9 Å². The lowest BCUT2D eigenvalue weighted by molar-refractivity contribution is 0.0981. The molecule has 0 unspecified atom stereocenters. The Morgan fingerprint density at radius 1 is 1.32 bits per heavy atom. The maximum Gasteiger partial charge on any atom is 0.267 e. The molecule has 1 heterocycles. The summed E-state index contributed by atoms with van der Waals surface area (Å²) >= 11 is 0. The molecule has 1 amide bonds. The van der Waals surface area contributed by atoms with Gasteiger partial charge in [-0.1, -0.05) is 30.3 Å². The molecule has 0 saturated carbocycles. The standard InChI is InChI=1S/C12H13N3O3S/c1-19(17,18)14-12(16)11-7-13-15(9-11)8-10-5-3-2-4-6-10/h2-7,9H,8H2,1H3,(H,14,16).